The fourth-order valence-electron chi connectivity index (χ4n) is 4.21. The summed E-state index contributed by atoms with van der Waals surface area (Å²) >= 11 is 0. The second-order valence-electron chi connectivity index (χ2n) is 7.88. The number of piperazine rings is 1. The Morgan fingerprint density at radius 2 is 1.80 bits per heavy atom. The van der Waals surface area contributed by atoms with E-state index in [1.807, 2.05) is 36.6 Å². The van der Waals surface area contributed by atoms with Crippen molar-refractivity contribution in [1.82, 2.24) is 24.4 Å². The normalized spacial score (nSPS) is 15.6. The monoisotopic (exact) mass is 408 g/mol. The van der Waals surface area contributed by atoms with Gasteiger partial charge >= 0.3 is 0 Å². The smallest absolute Gasteiger partial charge is 0.165 e. The van der Waals surface area contributed by atoms with E-state index in [0.29, 0.717) is 0 Å². The van der Waals surface area contributed by atoms with Gasteiger partial charge in [-0.15, -0.1) is 0 Å². The minimum atomic E-state index is 0.833. The van der Waals surface area contributed by atoms with Crippen LogP contribution in [0.5, 0.6) is 5.75 Å². The predicted octanol–water partition coefficient (Wildman–Crippen LogP) is 3.07. The molecule has 0 atom stereocenters. The van der Waals surface area contributed by atoms with E-state index < -0.39 is 0 Å². The van der Waals surface area contributed by atoms with Crippen LogP contribution in [0.4, 0.5) is 5.82 Å². The maximum atomic E-state index is 5.59. The van der Waals surface area contributed by atoms with Crippen molar-refractivity contribution in [2.45, 2.75) is 20.8 Å². The summed E-state index contributed by atoms with van der Waals surface area (Å²) in [6.07, 6.45) is 0. The van der Waals surface area contributed by atoms with Gasteiger partial charge in [-0.05, 0) is 26.5 Å². The van der Waals surface area contributed by atoms with Crippen molar-refractivity contribution >= 4 is 11.5 Å². The molecule has 1 saturated heterocycles. The molecule has 1 aliphatic rings. The summed E-state index contributed by atoms with van der Waals surface area (Å²) in [6.45, 7) is 14.0. The lowest BCUT2D eigenvalue weighted by Gasteiger charge is -2.34. The van der Waals surface area contributed by atoms with Crippen LogP contribution in [0.25, 0.3) is 16.8 Å². The molecule has 7 nitrogen and oxygen atoms in total. The number of para-hydroxylation sites is 1. The van der Waals surface area contributed by atoms with Gasteiger partial charge in [0, 0.05) is 56.6 Å². The van der Waals surface area contributed by atoms with Gasteiger partial charge in [-0.2, -0.15) is 9.61 Å². The Labute approximate surface area is 178 Å². The quantitative estimate of drug-likeness (QED) is 0.648. The number of likely N-dealkylation sites (N-methyl/N-ethyl adjacent to an activating group) is 1. The van der Waals surface area contributed by atoms with Gasteiger partial charge in [0.1, 0.15) is 11.6 Å². The van der Waals surface area contributed by atoms with Gasteiger partial charge in [-0.25, -0.2) is 4.98 Å². The van der Waals surface area contributed by atoms with Gasteiger partial charge < -0.3 is 15.0 Å². The van der Waals surface area contributed by atoms with Crippen LogP contribution < -0.4 is 10.1 Å². The van der Waals surface area contributed by atoms with Gasteiger partial charge in [0.25, 0.3) is 0 Å². The molecule has 3 heterocycles. The fraction of sp³-hybridized carbons (Fsp3) is 0.478. The van der Waals surface area contributed by atoms with E-state index in [4.69, 9.17) is 14.8 Å². The number of nitrogens with one attached hydrogen (secondary N) is 1. The standard InChI is InChI=1S/C23H32N6O/c1-5-27-12-14-28(15-13-27)11-10-24-21-16-17(2)25-23-22(18(3)26-29(21)23)19-8-6-7-9-20(19)30-4/h6-9,16,24H,5,10-15H2,1-4H3. The summed E-state index contributed by atoms with van der Waals surface area (Å²) in [7, 11) is 1.70. The van der Waals surface area contributed by atoms with Crippen molar-refractivity contribution in [1.29, 1.82) is 0 Å². The Bertz CT molecular complexity index is 1010. The molecule has 0 unspecified atom stereocenters. The molecular weight excluding hydrogens is 376 g/mol. The van der Waals surface area contributed by atoms with Crippen molar-refractivity contribution in [2.75, 3.05) is 58.2 Å². The minimum absolute atomic E-state index is 0.833. The third kappa shape index (κ3) is 4.13. The highest BCUT2D eigenvalue weighted by molar-refractivity contribution is 5.84. The molecule has 160 valence electrons. The van der Waals surface area contributed by atoms with Crippen LogP contribution in [-0.4, -0.2) is 77.3 Å². The van der Waals surface area contributed by atoms with Gasteiger partial charge in [0.05, 0.1) is 18.4 Å². The number of rotatable bonds is 7. The summed E-state index contributed by atoms with van der Waals surface area (Å²) < 4.78 is 7.52. The van der Waals surface area contributed by atoms with Crippen LogP contribution in [0.2, 0.25) is 0 Å². The largest absolute Gasteiger partial charge is 0.496 e. The summed E-state index contributed by atoms with van der Waals surface area (Å²) in [6, 6.07) is 10.1. The highest BCUT2D eigenvalue weighted by Gasteiger charge is 2.19. The lowest BCUT2D eigenvalue weighted by molar-refractivity contribution is 0.141. The van der Waals surface area contributed by atoms with Gasteiger partial charge in [-0.3, -0.25) is 4.90 Å². The average molecular weight is 409 g/mol. The molecule has 0 radical (unpaired) electrons. The number of nitrogens with zero attached hydrogens (tertiary/aromatic N) is 5. The molecule has 0 saturated carbocycles. The van der Waals surface area contributed by atoms with Crippen molar-refractivity contribution in [3.63, 3.8) is 0 Å². The number of aryl methyl sites for hydroxylation is 2. The maximum absolute atomic E-state index is 5.59. The van der Waals surface area contributed by atoms with E-state index in [2.05, 4.69) is 34.2 Å². The first-order chi connectivity index (χ1) is 14.6. The highest BCUT2D eigenvalue weighted by Crippen LogP contribution is 2.35. The van der Waals surface area contributed by atoms with Crippen LogP contribution in [0, 0.1) is 13.8 Å². The number of hydrogen-bond acceptors (Lipinski definition) is 6. The second-order valence-corrected chi connectivity index (χ2v) is 7.88. The van der Waals surface area contributed by atoms with E-state index in [1.54, 1.807) is 7.11 Å². The Hall–Kier alpha value is -2.64. The van der Waals surface area contributed by atoms with Crippen LogP contribution in [0.1, 0.15) is 18.3 Å². The molecule has 0 bridgehead atoms. The van der Waals surface area contributed by atoms with Gasteiger partial charge in [-0.1, -0.05) is 25.1 Å². The number of benzene rings is 1. The van der Waals surface area contributed by atoms with Crippen molar-refractivity contribution in [2.24, 2.45) is 0 Å². The van der Waals surface area contributed by atoms with E-state index in [1.165, 1.54) is 0 Å². The van der Waals surface area contributed by atoms with Crippen LogP contribution >= 0.6 is 0 Å². The molecule has 1 fully saturated rings. The second kappa shape index (κ2) is 9.02. The molecular formula is C23H32N6O. The molecule has 30 heavy (non-hydrogen) atoms. The molecule has 4 rings (SSSR count). The maximum Gasteiger partial charge on any atom is 0.165 e. The molecule has 3 aromatic rings. The van der Waals surface area contributed by atoms with Gasteiger partial charge in [0.15, 0.2) is 5.65 Å². The first-order valence-electron chi connectivity index (χ1n) is 10.8. The summed E-state index contributed by atoms with van der Waals surface area (Å²) in [5, 5.41) is 8.40. The van der Waals surface area contributed by atoms with Crippen molar-refractivity contribution < 1.29 is 4.74 Å². The van der Waals surface area contributed by atoms with E-state index in [-0.39, 0.29) is 0 Å². The molecule has 7 heteroatoms. The lowest BCUT2D eigenvalue weighted by atomic mass is 10.1. The third-order valence-electron chi connectivity index (χ3n) is 5.91. The summed E-state index contributed by atoms with van der Waals surface area (Å²) in [4.78, 5) is 9.85. The van der Waals surface area contributed by atoms with Crippen LogP contribution in [0.15, 0.2) is 30.3 Å². The van der Waals surface area contributed by atoms with Crippen molar-refractivity contribution in [3.8, 4) is 16.9 Å². The molecule has 2 aromatic heterocycles. The zero-order valence-electron chi connectivity index (χ0n) is 18.5. The minimum Gasteiger partial charge on any atom is -0.496 e. The number of aromatic nitrogens is 3. The lowest BCUT2D eigenvalue weighted by Crippen LogP contribution is -2.47. The summed E-state index contributed by atoms with van der Waals surface area (Å²) in [5.41, 5.74) is 4.81. The zero-order chi connectivity index (χ0) is 21.1. The first kappa shape index (κ1) is 20.6. The molecule has 0 aliphatic carbocycles. The van der Waals surface area contributed by atoms with Gasteiger partial charge in [0.2, 0.25) is 0 Å². The fourth-order valence-corrected chi connectivity index (χ4v) is 4.21. The number of methoxy groups -OCH3 is 1. The molecule has 0 amide bonds. The molecule has 1 aliphatic heterocycles. The molecule has 1 aromatic carbocycles. The predicted molar refractivity (Wildman–Crippen MR) is 121 cm³/mol. The SMILES string of the molecule is CCN1CCN(CCNc2cc(C)nc3c(-c4ccccc4OC)c(C)nn23)CC1. The summed E-state index contributed by atoms with van der Waals surface area (Å²) in [5.74, 6) is 1.81. The number of ether oxygens (including phenoxy) is 1. The highest BCUT2D eigenvalue weighted by atomic mass is 16.5. The number of fused-ring (bicyclic) bond motifs is 1. The topological polar surface area (TPSA) is 57.9 Å². The number of anilines is 1. The number of hydrogen-bond donors (Lipinski definition) is 1. The van der Waals surface area contributed by atoms with E-state index in [0.717, 1.165) is 85.5 Å². The average Bonchev–Trinajstić information content (AvgIpc) is 3.09. The Balaban J connectivity index is 1.56. The zero-order valence-corrected chi connectivity index (χ0v) is 18.5. The van der Waals surface area contributed by atoms with E-state index in [9.17, 15) is 0 Å². The Morgan fingerprint density at radius 1 is 1.07 bits per heavy atom. The van der Waals surface area contributed by atoms with Crippen LogP contribution in [-0.2, 0) is 0 Å². The molecule has 1 N–H and O–H groups in total. The van der Waals surface area contributed by atoms with Crippen molar-refractivity contribution in [3.05, 3.63) is 41.7 Å². The first-order valence-corrected chi connectivity index (χ1v) is 10.8. The molecule has 0 spiro atoms. The Morgan fingerprint density at radius 3 is 2.53 bits per heavy atom. The van der Waals surface area contributed by atoms with Crippen LogP contribution in [0.3, 0.4) is 0 Å². The third-order valence-corrected chi connectivity index (χ3v) is 5.91. The Kier molecular flexibility index (Phi) is 6.20. The van der Waals surface area contributed by atoms with E-state index >= 15 is 0 Å².